The van der Waals surface area contributed by atoms with Crippen molar-refractivity contribution >= 4 is 35.0 Å². The van der Waals surface area contributed by atoms with Crippen molar-refractivity contribution in [2.24, 2.45) is 0 Å². The second-order valence-corrected chi connectivity index (χ2v) is 7.87. The molecular formula is C23H19FN2O2S. The van der Waals surface area contributed by atoms with E-state index in [-0.39, 0.29) is 23.0 Å². The summed E-state index contributed by atoms with van der Waals surface area (Å²) >= 11 is 1.56. The number of para-hydroxylation sites is 1. The van der Waals surface area contributed by atoms with Gasteiger partial charge >= 0.3 is 0 Å². The first-order chi connectivity index (χ1) is 14.0. The minimum Gasteiger partial charge on any atom is -0.322 e. The molecule has 0 aromatic heterocycles. The lowest BCUT2D eigenvalue weighted by Gasteiger charge is -2.26. The molecule has 3 aromatic carbocycles. The van der Waals surface area contributed by atoms with Gasteiger partial charge in [0, 0.05) is 16.9 Å². The zero-order chi connectivity index (χ0) is 20.4. The lowest BCUT2D eigenvalue weighted by molar-refractivity contribution is -0.115. The molecule has 0 unspecified atom stereocenters. The van der Waals surface area contributed by atoms with Gasteiger partial charge in [0.1, 0.15) is 11.2 Å². The Morgan fingerprint density at radius 1 is 1.07 bits per heavy atom. The molecule has 4 rings (SSSR count). The maximum Gasteiger partial charge on any atom is 0.255 e. The van der Waals surface area contributed by atoms with E-state index >= 15 is 0 Å². The summed E-state index contributed by atoms with van der Waals surface area (Å²) in [5, 5.41) is 2.68. The predicted octanol–water partition coefficient (Wildman–Crippen LogP) is 5.17. The second-order valence-electron chi connectivity index (χ2n) is 6.80. The number of nitrogens with one attached hydrogen (secondary N) is 1. The molecule has 0 aliphatic carbocycles. The molecule has 1 aliphatic heterocycles. The van der Waals surface area contributed by atoms with Crippen LogP contribution in [0.4, 0.5) is 15.8 Å². The Bertz CT molecular complexity index is 1070. The average molecular weight is 406 g/mol. The van der Waals surface area contributed by atoms with Crippen LogP contribution in [0.25, 0.3) is 0 Å². The monoisotopic (exact) mass is 406 g/mol. The summed E-state index contributed by atoms with van der Waals surface area (Å²) in [5.74, 6) is -0.226. The Morgan fingerprint density at radius 3 is 2.59 bits per heavy atom. The first-order valence-corrected chi connectivity index (χ1v) is 10.2. The molecule has 6 heteroatoms. The van der Waals surface area contributed by atoms with Crippen molar-refractivity contribution < 1.29 is 14.0 Å². The number of carbonyl (C=O) groups is 2. The number of carbonyl (C=O) groups excluding carboxylic acids is 2. The number of benzene rings is 3. The number of hydrogen-bond donors (Lipinski definition) is 1. The molecule has 3 aromatic rings. The first kappa shape index (κ1) is 19.2. The topological polar surface area (TPSA) is 49.4 Å². The number of thioether (sulfide) groups is 1. The molecule has 1 heterocycles. The van der Waals surface area contributed by atoms with Gasteiger partial charge in [-0.2, -0.15) is 0 Å². The molecular weight excluding hydrogens is 387 g/mol. The minimum absolute atomic E-state index is 0.0649. The smallest absolute Gasteiger partial charge is 0.255 e. The molecule has 0 spiro atoms. The van der Waals surface area contributed by atoms with Gasteiger partial charge in [-0.15, -0.1) is 11.8 Å². The van der Waals surface area contributed by atoms with Crippen LogP contribution in [0.15, 0.2) is 72.8 Å². The normalized spacial score (nSPS) is 16.1. The summed E-state index contributed by atoms with van der Waals surface area (Å²) in [6.45, 7) is 1.99. The Morgan fingerprint density at radius 2 is 1.83 bits per heavy atom. The van der Waals surface area contributed by atoms with Gasteiger partial charge < -0.3 is 5.32 Å². The van der Waals surface area contributed by atoms with Gasteiger partial charge in [-0.1, -0.05) is 30.3 Å². The van der Waals surface area contributed by atoms with E-state index in [0.717, 1.165) is 16.8 Å². The van der Waals surface area contributed by atoms with Gasteiger partial charge in [-0.25, -0.2) is 4.39 Å². The molecule has 1 aliphatic rings. The van der Waals surface area contributed by atoms with Crippen molar-refractivity contribution in [3.63, 3.8) is 0 Å². The summed E-state index contributed by atoms with van der Waals surface area (Å²) in [7, 11) is 0. The van der Waals surface area contributed by atoms with Crippen LogP contribution in [0.5, 0.6) is 0 Å². The molecule has 146 valence electrons. The van der Waals surface area contributed by atoms with Gasteiger partial charge in [0.2, 0.25) is 5.91 Å². The Labute approximate surface area is 172 Å². The number of anilines is 2. The fourth-order valence-electron chi connectivity index (χ4n) is 3.34. The van der Waals surface area contributed by atoms with Gasteiger partial charge in [-0.3, -0.25) is 14.5 Å². The van der Waals surface area contributed by atoms with Crippen LogP contribution in [0.3, 0.4) is 0 Å². The van der Waals surface area contributed by atoms with Crippen molar-refractivity contribution in [2.45, 2.75) is 12.3 Å². The van der Waals surface area contributed by atoms with Crippen molar-refractivity contribution in [1.29, 1.82) is 0 Å². The summed E-state index contributed by atoms with van der Waals surface area (Å²) < 4.78 is 13.1. The highest BCUT2D eigenvalue weighted by molar-refractivity contribution is 8.00. The van der Waals surface area contributed by atoms with Gasteiger partial charge in [-0.05, 0) is 60.5 Å². The molecule has 1 N–H and O–H groups in total. The Hall–Kier alpha value is -3.12. The van der Waals surface area contributed by atoms with Crippen molar-refractivity contribution in [2.75, 3.05) is 16.0 Å². The van der Waals surface area contributed by atoms with Crippen LogP contribution in [-0.2, 0) is 4.79 Å². The molecule has 29 heavy (non-hydrogen) atoms. The summed E-state index contributed by atoms with van der Waals surface area (Å²) in [4.78, 5) is 26.8. The fraction of sp³-hybridized carbons (Fsp3) is 0.130. The quantitative estimate of drug-likeness (QED) is 0.651. The van der Waals surface area contributed by atoms with E-state index in [4.69, 9.17) is 0 Å². The van der Waals surface area contributed by atoms with Crippen molar-refractivity contribution in [1.82, 2.24) is 0 Å². The van der Waals surface area contributed by atoms with Gasteiger partial charge in [0.25, 0.3) is 5.91 Å². The maximum absolute atomic E-state index is 13.1. The molecule has 0 saturated carbocycles. The third-order valence-corrected chi connectivity index (χ3v) is 5.99. The van der Waals surface area contributed by atoms with Crippen molar-refractivity contribution in [3.05, 3.63) is 95.3 Å². The summed E-state index contributed by atoms with van der Waals surface area (Å²) in [5.41, 5.74) is 3.87. The lowest BCUT2D eigenvalue weighted by Crippen LogP contribution is -2.28. The standard InChI is InChI=1S/C23H19FN2O2S/c1-15-5-2-3-8-20(15)26-21(27)14-29-23(26)17-6-4-7-19(13-17)25-22(28)16-9-11-18(24)12-10-16/h2-13,23H,14H2,1H3,(H,25,28)/t23-/m0/s1. The molecule has 1 fully saturated rings. The molecule has 0 radical (unpaired) electrons. The Balaban J connectivity index is 1.59. The van der Waals surface area contributed by atoms with Crippen LogP contribution in [0.2, 0.25) is 0 Å². The zero-order valence-corrected chi connectivity index (χ0v) is 16.6. The molecule has 2 amide bonds. The molecule has 1 saturated heterocycles. The van der Waals surface area contributed by atoms with E-state index in [2.05, 4.69) is 5.32 Å². The maximum atomic E-state index is 13.1. The third-order valence-electron chi connectivity index (χ3n) is 4.78. The van der Waals surface area contributed by atoms with E-state index in [0.29, 0.717) is 17.0 Å². The number of aryl methyl sites for hydroxylation is 1. The summed E-state index contributed by atoms with van der Waals surface area (Å²) in [6.07, 6.45) is 0. The first-order valence-electron chi connectivity index (χ1n) is 9.19. The van der Waals surface area contributed by atoms with E-state index in [1.807, 2.05) is 54.3 Å². The predicted molar refractivity (Wildman–Crippen MR) is 115 cm³/mol. The minimum atomic E-state index is -0.386. The molecule has 4 nitrogen and oxygen atoms in total. The van der Waals surface area contributed by atoms with E-state index in [1.165, 1.54) is 24.3 Å². The van der Waals surface area contributed by atoms with Gasteiger partial charge in [0.05, 0.1) is 5.75 Å². The largest absolute Gasteiger partial charge is 0.322 e. The number of halogens is 1. The fourth-order valence-corrected chi connectivity index (χ4v) is 4.50. The molecule has 1 atom stereocenters. The number of rotatable bonds is 4. The van der Waals surface area contributed by atoms with Gasteiger partial charge in [0.15, 0.2) is 0 Å². The highest BCUT2D eigenvalue weighted by atomic mass is 32.2. The zero-order valence-electron chi connectivity index (χ0n) is 15.8. The number of amides is 2. The number of hydrogen-bond acceptors (Lipinski definition) is 3. The third kappa shape index (κ3) is 4.03. The van der Waals surface area contributed by atoms with Crippen molar-refractivity contribution in [3.8, 4) is 0 Å². The second kappa shape index (κ2) is 8.09. The van der Waals surface area contributed by atoms with Crippen LogP contribution < -0.4 is 10.2 Å². The lowest BCUT2D eigenvalue weighted by atomic mass is 10.1. The van der Waals surface area contributed by atoms with Crippen LogP contribution >= 0.6 is 11.8 Å². The van der Waals surface area contributed by atoms with E-state index in [1.54, 1.807) is 17.8 Å². The Kier molecular flexibility index (Phi) is 5.36. The average Bonchev–Trinajstić information content (AvgIpc) is 3.10. The highest BCUT2D eigenvalue weighted by Gasteiger charge is 2.34. The van der Waals surface area contributed by atoms with Crippen LogP contribution in [-0.4, -0.2) is 17.6 Å². The van der Waals surface area contributed by atoms with Crippen LogP contribution in [0, 0.1) is 12.7 Å². The highest BCUT2D eigenvalue weighted by Crippen LogP contribution is 2.43. The van der Waals surface area contributed by atoms with E-state index in [9.17, 15) is 14.0 Å². The van der Waals surface area contributed by atoms with E-state index < -0.39 is 0 Å². The molecule has 0 bridgehead atoms. The van der Waals surface area contributed by atoms with Crippen LogP contribution in [0.1, 0.15) is 26.9 Å². The summed E-state index contributed by atoms with van der Waals surface area (Å²) in [6, 6.07) is 20.7. The SMILES string of the molecule is Cc1ccccc1N1C(=O)CS[C@H]1c1cccc(NC(=O)c2ccc(F)cc2)c1. The number of nitrogens with zero attached hydrogens (tertiary/aromatic N) is 1.